The first-order chi connectivity index (χ1) is 10.7. The van der Waals surface area contributed by atoms with Gasteiger partial charge in [-0.3, -0.25) is 19.6 Å². The van der Waals surface area contributed by atoms with Crippen molar-refractivity contribution in [1.82, 2.24) is 19.7 Å². The van der Waals surface area contributed by atoms with Crippen LogP contribution in [0.25, 0.3) is 0 Å². The van der Waals surface area contributed by atoms with E-state index >= 15 is 0 Å². The zero-order chi connectivity index (χ0) is 15.6. The maximum absolute atomic E-state index is 12.8. The normalized spacial score (nSPS) is 26.8. The molecule has 2 saturated heterocycles. The average molecular weight is 300 g/mol. The van der Waals surface area contributed by atoms with Gasteiger partial charge in [-0.15, -0.1) is 6.58 Å². The first-order valence-corrected chi connectivity index (χ1v) is 7.89. The van der Waals surface area contributed by atoms with Crippen molar-refractivity contribution in [2.45, 2.75) is 18.5 Å². The Kier molecular flexibility index (Phi) is 4.27. The Balaban J connectivity index is 1.76. The van der Waals surface area contributed by atoms with Crippen molar-refractivity contribution in [2.75, 3.05) is 39.8 Å². The van der Waals surface area contributed by atoms with Crippen LogP contribution in [-0.4, -0.2) is 70.9 Å². The van der Waals surface area contributed by atoms with Crippen LogP contribution in [0.5, 0.6) is 0 Å². The van der Waals surface area contributed by atoms with Gasteiger partial charge in [0.05, 0.1) is 5.69 Å². The van der Waals surface area contributed by atoms with Gasteiger partial charge in [0.25, 0.3) is 0 Å². The molecule has 5 heteroatoms. The summed E-state index contributed by atoms with van der Waals surface area (Å²) in [6.07, 6.45) is 4.61. The van der Waals surface area contributed by atoms with Gasteiger partial charge in [-0.25, -0.2) is 0 Å². The highest BCUT2D eigenvalue weighted by atomic mass is 16.2. The van der Waals surface area contributed by atoms with E-state index in [1.165, 1.54) is 0 Å². The summed E-state index contributed by atoms with van der Waals surface area (Å²) in [6, 6.07) is 5.99. The van der Waals surface area contributed by atoms with Gasteiger partial charge in [0.1, 0.15) is 5.54 Å². The van der Waals surface area contributed by atoms with Crippen LogP contribution in [0.1, 0.15) is 12.1 Å². The van der Waals surface area contributed by atoms with E-state index in [1.54, 1.807) is 0 Å². The van der Waals surface area contributed by atoms with Gasteiger partial charge < -0.3 is 4.90 Å². The van der Waals surface area contributed by atoms with Crippen LogP contribution >= 0.6 is 0 Å². The number of pyridine rings is 1. The van der Waals surface area contributed by atoms with E-state index in [0.717, 1.165) is 51.4 Å². The second kappa shape index (κ2) is 6.18. The minimum Gasteiger partial charge on any atom is -0.343 e. The lowest BCUT2D eigenvalue weighted by atomic mass is 9.91. The number of aromatic nitrogens is 1. The molecule has 1 amide bonds. The molecule has 0 bridgehead atoms. The lowest BCUT2D eigenvalue weighted by molar-refractivity contribution is -0.148. The highest BCUT2D eigenvalue weighted by Gasteiger charge is 2.51. The Morgan fingerprint density at radius 1 is 1.36 bits per heavy atom. The smallest absolute Gasteiger partial charge is 0.244 e. The first-order valence-electron chi connectivity index (χ1n) is 7.89. The number of likely N-dealkylation sites (tertiary alicyclic amines) is 1. The number of likely N-dealkylation sites (N-methyl/N-ethyl adjacent to an activating group) is 1. The number of hydrogen-bond acceptors (Lipinski definition) is 4. The third-order valence-electron chi connectivity index (χ3n) is 4.84. The van der Waals surface area contributed by atoms with Crippen molar-refractivity contribution >= 4 is 5.91 Å². The van der Waals surface area contributed by atoms with Crippen LogP contribution in [0.4, 0.5) is 0 Å². The molecule has 3 rings (SSSR count). The van der Waals surface area contributed by atoms with Gasteiger partial charge in [0, 0.05) is 52.5 Å². The van der Waals surface area contributed by atoms with Crippen LogP contribution in [-0.2, 0) is 11.3 Å². The summed E-state index contributed by atoms with van der Waals surface area (Å²) in [7, 11) is 1.91. The average Bonchev–Trinajstić information content (AvgIpc) is 2.94. The van der Waals surface area contributed by atoms with Gasteiger partial charge in [0.2, 0.25) is 5.91 Å². The minimum absolute atomic E-state index is 0.254. The number of rotatable bonds is 4. The number of amides is 1. The molecule has 2 aliphatic rings. The number of carbonyl (C=O) groups excluding carboxylic acids is 1. The molecule has 2 fully saturated rings. The van der Waals surface area contributed by atoms with Crippen LogP contribution in [0.15, 0.2) is 37.1 Å². The molecule has 118 valence electrons. The number of nitrogens with zero attached hydrogens (tertiary/aromatic N) is 4. The number of hydrogen-bond donors (Lipinski definition) is 0. The van der Waals surface area contributed by atoms with Crippen molar-refractivity contribution in [3.8, 4) is 0 Å². The number of piperazine rings is 1. The lowest BCUT2D eigenvalue weighted by Gasteiger charge is -2.46. The standard InChI is InChI=1S/C17H24N4O/c1-3-9-21-12-11-19(2)16(22)17(21)7-10-20(14-17)13-15-6-4-5-8-18-15/h3-6,8H,1,7,9-14H2,2H3/t17-/m0/s1. The molecule has 0 radical (unpaired) electrons. The summed E-state index contributed by atoms with van der Waals surface area (Å²) in [5, 5.41) is 0. The van der Waals surface area contributed by atoms with Gasteiger partial charge in [-0.2, -0.15) is 0 Å². The Hall–Kier alpha value is -1.72. The minimum atomic E-state index is -0.379. The molecule has 1 atom stereocenters. The van der Waals surface area contributed by atoms with Gasteiger partial charge in [-0.05, 0) is 18.6 Å². The SMILES string of the molecule is C=CCN1CCN(C)C(=O)[C@@]12CCN(Cc1ccccn1)C2. The molecular weight excluding hydrogens is 276 g/mol. The summed E-state index contributed by atoms with van der Waals surface area (Å²) in [6.45, 7) is 8.87. The first kappa shape index (κ1) is 15.2. The largest absolute Gasteiger partial charge is 0.343 e. The van der Waals surface area contributed by atoms with Crippen LogP contribution in [0.3, 0.4) is 0 Å². The van der Waals surface area contributed by atoms with Crippen molar-refractivity contribution in [3.05, 3.63) is 42.7 Å². The third kappa shape index (κ3) is 2.66. The van der Waals surface area contributed by atoms with Gasteiger partial charge >= 0.3 is 0 Å². The molecular formula is C17H24N4O. The van der Waals surface area contributed by atoms with Crippen LogP contribution in [0.2, 0.25) is 0 Å². The fourth-order valence-electron chi connectivity index (χ4n) is 3.66. The zero-order valence-electron chi connectivity index (χ0n) is 13.2. The van der Waals surface area contributed by atoms with Crippen molar-refractivity contribution in [2.24, 2.45) is 0 Å². The molecule has 3 heterocycles. The molecule has 0 unspecified atom stereocenters. The topological polar surface area (TPSA) is 39.7 Å². The second-order valence-corrected chi connectivity index (χ2v) is 6.27. The highest BCUT2D eigenvalue weighted by molar-refractivity contribution is 5.87. The van der Waals surface area contributed by atoms with E-state index in [9.17, 15) is 4.79 Å². The van der Waals surface area contributed by atoms with Crippen LogP contribution in [0, 0.1) is 0 Å². The summed E-state index contributed by atoms with van der Waals surface area (Å²) < 4.78 is 0. The molecule has 2 aliphatic heterocycles. The van der Waals surface area contributed by atoms with E-state index in [-0.39, 0.29) is 11.4 Å². The fourth-order valence-corrected chi connectivity index (χ4v) is 3.66. The monoisotopic (exact) mass is 300 g/mol. The fraction of sp³-hybridized carbons (Fsp3) is 0.529. The molecule has 1 spiro atoms. The maximum Gasteiger partial charge on any atom is 0.244 e. The molecule has 1 aromatic heterocycles. The van der Waals surface area contributed by atoms with E-state index in [2.05, 4.69) is 21.4 Å². The third-order valence-corrected chi connectivity index (χ3v) is 4.84. The predicted octanol–water partition coefficient (Wildman–Crippen LogP) is 0.986. The van der Waals surface area contributed by atoms with E-state index in [1.807, 2.05) is 42.4 Å². The van der Waals surface area contributed by atoms with Crippen molar-refractivity contribution in [1.29, 1.82) is 0 Å². The Morgan fingerprint density at radius 2 is 2.23 bits per heavy atom. The second-order valence-electron chi connectivity index (χ2n) is 6.27. The summed E-state index contributed by atoms with van der Waals surface area (Å²) in [4.78, 5) is 23.8. The number of carbonyl (C=O) groups is 1. The van der Waals surface area contributed by atoms with Crippen molar-refractivity contribution in [3.63, 3.8) is 0 Å². The molecule has 0 N–H and O–H groups in total. The highest BCUT2D eigenvalue weighted by Crippen LogP contribution is 2.33. The van der Waals surface area contributed by atoms with E-state index < -0.39 is 0 Å². The molecule has 0 aliphatic carbocycles. The molecule has 5 nitrogen and oxygen atoms in total. The van der Waals surface area contributed by atoms with Gasteiger partial charge in [0.15, 0.2) is 0 Å². The zero-order valence-corrected chi connectivity index (χ0v) is 13.2. The van der Waals surface area contributed by atoms with Gasteiger partial charge in [-0.1, -0.05) is 12.1 Å². The van der Waals surface area contributed by atoms with E-state index in [0.29, 0.717) is 0 Å². The molecule has 22 heavy (non-hydrogen) atoms. The molecule has 0 saturated carbocycles. The summed E-state index contributed by atoms with van der Waals surface area (Å²) in [5.74, 6) is 0.254. The Labute approximate surface area is 132 Å². The van der Waals surface area contributed by atoms with Crippen molar-refractivity contribution < 1.29 is 4.79 Å². The Bertz CT molecular complexity index is 547. The molecule has 1 aromatic rings. The predicted molar refractivity (Wildman–Crippen MR) is 86.3 cm³/mol. The maximum atomic E-state index is 12.8. The quantitative estimate of drug-likeness (QED) is 0.777. The van der Waals surface area contributed by atoms with Crippen LogP contribution < -0.4 is 0 Å². The lowest BCUT2D eigenvalue weighted by Crippen LogP contribution is -2.66. The Morgan fingerprint density at radius 3 is 2.95 bits per heavy atom. The van der Waals surface area contributed by atoms with E-state index in [4.69, 9.17) is 0 Å². The summed E-state index contributed by atoms with van der Waals surface area (Å²) in [5.41, 5.74) is 0.683. The molecule has 0 aromatic carbocycles. The summed E-state index contributed by atoms with van der Waals surface area (Å²) >= 11 is 0.